The summed E-state index contributed by atoms with van der Waals surface area (Å²) in [5.74, 6) is -1.47. The number of ether oxygens (including phenoxy) is 1. The third kappa shape index (κ3) is 4.75. The van der Waals surface area contributed by atoms with Crippen molar-refractivity contribution in [2.45, 2.75) is 32.0 Å². The smallest absolute Gasteiger partial charge is 0.435 e. The van der Waals surface area contributed by atoms with E-state index in [1.54, 1.807) is 6.92 Å². The number of alkyl halides is 3. The molecule has 0 radical (unpaired) electrons. The number of rotatable bonds is 4. The van der Waals surface area contributed by atoms with Crippen LogP contribution in [0.4, 0.5) is 17.6 Å². The average Bonchev–Trinajstić information content (AvgIpc) is 2.64. The van der Waals surface area contributed by atoms with Gasteiger partial charge in [0.2, 0.25) is 0 Å². The van der Waals surface area contributed by atoms with Crippen molar-refractivity contribution in [3.05, 3.63) is 46.9 Å². The number of hydrogen-bond donors (Lipinski definition) is 2. The first-order valence-corrected chi connectivity index (χ1v) is 8.64. The molecule has 1 saturated heterocycles. The van der Waals surface area contributed by atoms with E-state index in [-0.39, 0.29) is 17.7 Å². The minimum Gasteiger partial charge on any atom is -0.437 e. The van der Waals surface area contributed by atoms with Crippen LogP contribution in [0.1, 0.15) is 34.5 Å². The topological polar surface area (TPSA) is 76.1 Å². The number of piperidine rings is 1. The highest BCUT2D eigenvalue weighted by Gasteiger charge is 2.35. The van der Waals surface area contributed by atoms with E-state index >= 15 is 0 Å². The molecule has 2 aromatic rings. The van der Waals surface area contributed by atoms with Crippen LogP contribution in [0.25, 0.3) is 0 Å². The molecular formula is C18H18F4N4O2. The molecule has 1 aliphatic rings. The Morgan fingerprint density at radius 3 is 2.71 bits per heavy atom. The fraction of sp³-hybridized carbons (Fsp3) is 0.389. The Bertz CT molecular complexity index is 867. The summed E-state index contributed by atoms with van der Waals surface area (Å²) in [5.41, 5.74) is -1.30. The van der Waals surface area contributed by atoms with Crippen LogP contribution in [-0.2, 0) is 6.18 Å². The van der Waals surface area contributed by atoms with E-state index in [0.29, 0.717) is 24.6 Å². The number of carbonyl (C=O) groups excluding carboxylic acids is 1. The Morgan fingerprint density at radius 1 is 1.29 bits per heavy atom. The average molecular weight is 398 g/mol. The Morgan fingerprint density at radius 2 is 2.07 bits per heavy atom. The van der Waals surface area contributed by atoms with Crippen LogP contribution >= 0.6 is 0 Å². The number of hydrogen-bond acceptors (Lipinski definition) is 5. The first-order valence-electron chi connectivity index (χ1n) is 8.64. The van der Waals surface area contributed by atoms with Gasteiger partial charge in [0.05, 0.1) is 0 Å². The van der Waals surface area contributed by atoms with Gasteiger partial charge in [0.15, 0.2) is 5.69 Å². The van der Waals surface area contributed by atoms with Crippen LogP contribution in [0.5, 0.6) is 11.6 Å². The predicted octanol–water partition coefficient (Wildman–Crippen LogP) is 3.22. The monoisotopic (exact) mass is 398 g/mol. The number of halogens is 4. The molecule has 6 nitrogen and oxygen atoms in total. The molecule has 28 heavy (non-hydrogen) atoms. The highest BCUT2D eigenvalue weighted by Crippen LogP contribution is 2.32. The minimum absolute atomic E-state index is 0.156. The number of aryl methyl sites for hydroxylation is 1. The second-order valence-corrected chi connectivity index (χ2v) is 6.47. The summed E-state index contributed by atoms with van der Waals surface area (Å²) in [6.07, 6.45) is -3.22. The molecule has 1 fully saturated rings. The van der Waals surface area contributed by atoms with Gasteiger partial charge in [0.1, 0.15) is 17.1 Å². The molecule has 1 aromatic carbocycles. The third-order valence-electron chi connectivity index (χ3n) is 4.27. The van der Waals surface area contributed by atoms with Crippen molar-refractivity contribution in [3.63, 3.8) is 0 Å². The molecule has 0 unspecified atom stereocenters. The molecule has 1 atom stereocenters. The molecule has 0 bridgehead atoms. The highest BCUT2D eigenvalue weighted by molar-refractivity contribution is 5.96. The zero-order chi connectivity index (χ0) is 20.3. The summed E-state index contributed by atoms with van der Waals surface area (Å²) in [4.78, 5) is 12.6. The zero-order valence-corrected chi connectivity index (χ0v) is 14.9. The molecular weight excluding hydrogens is 380 g/mol. The molecule has 1 aliphatic heterocycles. The van der Waals surface area contributed by atoms with Crippen molar-refractivity contribution in [2.75, 3.05) is 13.1 Å². The van der Waals surface area contributed by atoms with Gasteiger partial charge in [0, 0.05) is 12.6 Å². The lowest BCUT2D eigenvalue weighted by atomic mass is 10.1. The van der Waals surface area contributed by atoms with Crippen LogP contribution < -0.4 is 15.4 Å². The molecule has 1 amide bonds. The molecule has 2 N–H and O–H groups in total. The summed E-state index contributed by atoms with van der Waals surface area (Å²) in [7, 11) is 0. The predicted molar refractivity (Wildman–Crippen MR) is 91.6 cm³/mol. The lowest BCUT2D eigenvalue weighted by Crippen LogP contribution is -2.45. The van der Waals surface area contributed by atoms with E-state index in [2.05, 4.69) is 20.8 Å². The number of nitrogens with one attached hydrogen (secondary N) is 2. The Hall–Kier alpha value is -2.75. The van der Waals surface area contributed by atoms with Crippen LogP contribution in [0.3, 0.4) is 0 Å². The number of amides is 1. The van der Waals surface area contributed by atoms with Crippen LogP contribution in [0, 0.1) is 12.7 Å². The maximum absolute atomic E-state index is 13.3. The molecule has 10 heteroatoms. The number of carbonyl (C=O) groups is 1. The van der Waals surface area contributed by atoms with E-state index in [9.17, 15) is 22.4 Å². The normalized spacial score (nSPS) is 17.2. The van der Waals surface area contributed by atoms with Crippen LogP contribution in [0.2, 0.25) is 0 Å². The molecule has 0 saturated carbocycles. The van der Waals surface area contributed by atoms with Gasteiger partial charge in [-0.3, -0.25) is 4.79 Å². The van der Waals surface area contributed by atoms with Crippen molar-refractivity contribution >= 4 is 5.91 Å². The highest BCUT2D eigenvalue weighted by atomic mass is 19.4. The van der Waals surface area contributed by atoms with Crippen molar-refractivity contribution in [1.29, 1.82) is 0 Å². The van der Waals surface area contributed by atoms with Gasteiger partial charge in [-0.1, -0.05) is 0 Å². The second-order valence-electron chi connectivity index (χ2n) is 6.47. The van der Waals surface area contributed by atoms with Crippen molar-refractivity contribution in [3.8, 4) is 11.6 Å². The summed E-state index contributed by atoms with van der Waals surface area (Å²) in [6.45, 7) is 2.90. The standard InChI is InChI=1S/C18H18F4N4O2/c1-10-7-11(19)4-5-14(10)28-17-13(8-15(25-26-17)18(20,21)22)16(27)24-12-3-2-6-23-9-12/h4-5,7-8,12,23H,2-3,6,9H2,1H3,(H,24,27)/t12-/m1/s1. The van der Waals surface area contributed by atoms with Crippen molar-refractivity contribution < 1.29 is 27.1 Å². The third-order valence-corrected chi connectivity index (χ3v) is 4.27. The molecule has 2 heterocycles. The maximum atomic E-state index is 13.3. The van der Waals surface area contributed by atoms with Crippen LogP contribution in [0.15, 0.2) is 24.3 Å². The lowest BCUT2D eigenvalue weighted by molar-refractivity contribution is -0.141. The van der Waals surface area contributed by atoms with Gasteiger partial charge in [-0.15, -0.1) is 10.2 Å². The van der Waals surface area contributed by atoms with Gasteiger partial charge in [-0.25, -0.2) is 4.39 Å². The van der Waals surface area contributed by atoms with Gasteiger partial charge < -0.3 is 15.4 Å². The van der Waals surface area contributed by atoms with E-state index in [1.165, 1.54) is 12.1 Å². The van der Waals surface area contributed by atoms with E-state index in [1.807, 2.05) is 0 Å². The first-order chi connectivity index (χ1) is 13.2. The van der Waals surface area contributed by atoms with E-state index < -0.39 is 29.2 Å². The van der Waals surface area contributed by atoms with Gasteiger partial charge in [0.25, 0.3) is 11.8 Å². The Balaban J connectivity index is 1.92. The van der Waals surface area contributed by atoms with Crippen molar-refractivity contribution in [2.24, 2.45) is 0 Å². The minimum atomic E-state index is -4.77. The molecule has 1 aromatic heterocycles. The first kappa shape index (κ1) is 20.0. The van der Waals surface area contributed by atoms with Gasteiger partial charge in [-0.2, -0.15) is 13.2 Å². The maximum Gasteiger partial charge on any atom is 0.435 e. The number of aromatic nitrogens is 2. The summed E-state index contributed by atoms with van der Waals surface area (Å²) in [5, 5.41) is 12.4. The molecule has 0 spiro atoms. The van der Waals surface area contributed by atoms with Crippen LogP contribution in [-0.4, -0.2) is 35.2 Å². The molecule has 3 rings (SSSR count). The van der Waals surface area contributed by atoms with E-state index in [4.69, 9.17) is 4.74 Å². The Kier molecular flexibility index (Phi) is 5.78. The number of nitrogens with zero attached hydrogens (tertiary/aromatic N) is 2. The van der Waals surface area contributed by atoms with Crippen molar-refractivity contribution in [1.82, 2.24) is 20.8 Å². The Labute approximate surface area is 158 Å². The molecule has 0 aliphatic carbocycles. The van der Waals surface area contributed by atoms with Gasteiger partial charge in [-0.05, 0) is 56.1 Å². The SMILES string of the molecule is Cc1cc(F)ccc1Oc1nnc(C(F)(F)F)cc1C(=O)N[C@@H]1CCCNC1. The molecule has 150 valence electrons. The quantitative estimate of drug-likeness (QED) is 0.774. The summed E-state index contributed by atoms with van der Waals surface area (Å²) < 4.78 is 57.8. The fourth-order valence-electron chi connectivity index (χ4n) is 2.83. The second kappa shape index (κ2) is 8.09. The summed E-state index contributed by atoms with van der Waals surface area (Å²) in [6, 6.07) is 4.01. The number of benzene rings is 1. The summed E-state index contributed by atoms with van der Waals surface area (Å²) >= 11 is 0. The fourth-order valence-corrected chi connectivity index (χ4v) is 2.83. The van der Waals surface area contributed by atoms with E-state index in [0.717, 1.165) is 19.0 Å². The van der Waals surface area contributed by atoms with Gasteiger partial charge >= 0.3 is 6.18 Å². The lowest BCUT2D eigenvalue weighted by Gasteiger charge is -2.24. The zero-order valence-electron chi connectivity index (χ0n) is 14.9. The largest absolute Gasteiger partial charge is 0.437 e.